The van der Waals surface area contributed by atoms with Gasteiger partial charge in [0.2, 0.25) is 0 Å². The first-order valence-corrected chi connectivity index (χ1v) is 3.81. The van der Waals surface area contributed by atoms with Gasteiger partial charge in [-0.3, -0.25) is 4.55 Å². The van der Waals surface area contributed by atoms with Crippen LogP contribution >= 0.6 is 0 Å². The van der Waals surface area contributed by atoms with E-state index in [4.69, 9.17) is 15.4 Å². The molecule has 1 atom stereocenters. The van der Waals surface area contributed by atoms with E-state index in [9.17, 15) is 8.42 Å². The lowest BCUT2D eigenvalue weighted by Crippen LogP contribution is -2.30. The van der Waals surface area contributed by atoms with Gasteiger partial charge >= 0.3 is 0 Å². The molecule has 0 aliphatic carbocycles. The van der Waals surface area contributed by atoms with Gasteiger partial charge in [0.05, 0.1) is 0 Å². The van der Waals surface area contributed by atoms with E-state index in [1.807, 2.05) is 0 Å². The molecule has 56 valence electrons. The summed E-state index contributed by atoms with van der Waals surface area (Å²) in [6, 6.07) is 0. The normalized spacial score (nSPS) is 15.4. The lowest BCUT2D eigenvalue weighted by atomic mass is 10.5. The lowest BCUT2D eigenvalue weighted by molar-refractivity contribution is 0.283. The third-order valence-electron chi connectivity index (χ3n) is 0.796. The second-order valence-electron chi connectivity index (χ2n) is 1.57. The van der Waals surface area contributed by atoms with Gasteiger partial charge in [-0.1, -0.05) is 0 Å². The summed E-state index contributed by atoms with van der Waals surface area (Å²) in [6.45, 7) is -0.346. The third kappa shape index (κ3) is 3.41. The zero-order chi connectivity index (χ0) is 7.49. The molecular formula is C3H9NO4S. The molecule has 0 aliphatic heterocycles. The first kappa shape index (κ1) is 8.83. The van der Waals surface area contributed by atoms with E-state index in [1.54, 1.807) is 0 Å². The molecule has 0 spiro atoms. The van der Waals surface area contributed by atoms with Crippen LogP contribution in [0.15, 0.2) is 0 Å². The summed E-state index contributed by atoms with van der Waals surface area (Å²) in [5.74, 6) is 0. The van der Waals surface area contributed by atoms with E-state index in [2.05, 4.69) is 0 Å². The Morgan fingerprint density at radius 2 is 2.00 bits per heavy atom. The van der Waals surface area contributed by atoms with Crippen molar-refractivity contribution in [3.8, 4) is 0 Å². The van der Waals surface area contributed by atoms with Crippen molar-refractivity contribution >= 4 is 10.1 Å². The topological polar surface area (TPSA) is 101 Å². The van der Waals surface area contributed by atoms with E-state index in [-0.39, 0.29) is 13.0 Å². The van der Waals surface area contributed by atoms with Gasteiger partial charge in [0.1, 0.15) is 5.37 Å². The Hall–Kier alpha value is -0.170. The minimum absolute atomic E-state index is 0.140. The minimum Gasteiger partial charge on any atom is -0.396 e. The predicted molar refractivity (Wildman–Crippen MR) is 31.2 cm³/mol. The summed E-state index contributed by atoms with van der Waals surface area (Å²) in [5, 5.41) is 6.79. The maximum Gasteiger partial charge on any atom is 0.280 e. The Bertz CT molecular complexity index is 163. The van der Waals surface area contributed by atoms with E-state index in [1.165, 1.54) is 0 Å². The third-order valence-corrected chi connectivity index (χ3v) is 1.80. The molecule has 0 aliphatic rings. The fourth-order valence-electron chi connectivity index (χ4n) is 0.276. The SMILES string of the molecule is NC(CCO)S(=O)(=O)O. The van der Waals surface area contributed by atoms with Crippen LogP contribution in [0.1, 0.15) is 6.42 Å². The Kier molecular flexibility index (Phi) is 3.06. The molecule has 0 radical (unpaired) electrons. The number of nitrogens with two attached hydrogens (primary N) is 1. The molecule has 4 N–H and O–H groups in total. The monoisotopic (exact) mass is 155 g/mol. The minimum atomic E-state index is -4.15. The molecule has 6 heteroatoms. The standard InChI is InChI=1S/C3H9NO4S/c4-3(1-2-5)9(6,7)8/h3,5H,1-2,4H2,(H,6,7,8). The van der Waals surface area contributed by atoms with E-state index < -0.39 is 15.5 Å². The van der Waals surface area contributed by atoms with Crippen LogP contribution in [0, 0.1) is 0 Å². The van der Waals surface area contributed by atoms with Crippen molar-refractivity contribution < 1.29 is 18.1 Å². The molecule has 0 aromatic rings. The highest BCUT2D eigenvalue weighted by atomic mass is 32.2. The van der Waals surface area contributed by atoms with Gasteiger partial charge in [-0.2, -0.15) is 8.42 Å². The maximum absolute atomic E-state index is 10.0. The Balaban J connectivity index is 3.90. The number of hydrogen-bond acceptors (Lipinski definition) is 4. The predicted octanol–water partition coefficient (Wildman–Crippen LogP) is -1.46. The molecule has 9 heavy (non-hydrogen) atoms. The van der Waals surface area contributed by atoms with Gasteiger partial charge in [0.25, 0.3) is 10.1 Å². The zero-order valence-corrected chi connectivity index (χ0v) is 5.50. The van der Waals surface area contributed by atoms with Crippen LogP contribution in [0.4, 0.5) is 0 Å². The Morgan fingerprint density at radius 1 is 1.56 bits per heavy atom. The number of rotatable bonds is 3. The highest BCUT2D eigenvalue weighted by Crippen LogP contribution is 1.94. The van der Waals surface area contributed by atoms with Gasteiger partial charge in [-0.15, -0.1) is 0 Å². The molecule has 0 saturated carbocycles. The summed E-state index contributed by atoms with van der Waals surface area (Å²) >= 11 is 0. The first-order valence-electron chi connectivity index (χ1n) is 2.31. The van der Waals surface area contributed by atoms with Crippen molar-refractivity contribution in [3.63, 3.8) is 0 Å². The van der Waals surface area contributed by atoms with Crippen LogP contribution in [0.25, 0.3) is 0 Å². The smallest absolute Gasteiger partial charge is 0.280 e. The molecule has 0 aromatic heterocycles. The highest BCUT2D eigenvalue weighted by Gasteiger charge is 2.15. The van der Waals surface area contributed by atoms with Gasteiger partial charge in [-0.25, -0.2) is 0 Å². The highest BCUT2D eigenvalue weighted by molar-refractivity contribution is 7.86. The van der Waals surface area contributed by atoms with Crippen molar-refractivity contribution in [3.05, 3.63) is 0 Å². The largest absolute Gasteiger partial charge is 0.396 e. The molecule has 0 aromatic carbocycles. The maximum atomic E-state index is 10.0. The summed E-state index contributed by atoms with van der Waals surface area (Å²) in [4.78, 5) is 0. The van der Waals surface area contributed by atoms with Gasteiger partial charge < -0.3 is 10.8 Å². The van der Waals surface area contributed by atoms with Crippen LogP contribution in [0.3, 0.4) is 0 Å². The van der Waals surface area contributed by atoms with Crippen molar-refractivity contribution in [1.82, 2.24) is 0 Å². The quantitative estimate of drug-likeness (QED) is 0.432. The molecule has 0 fully saturated rings. The molecule has 5 nitrogen and oxygen atoms in total. The molecule has 1 unspecified atom stereocenters. The van der Waals surface area contributed by atoms with Crippen LogP contribution in [-0.2, 0) is 10.1 Å². The summed E-state index contributed by atoms with van der Waals surface area (Å²) in [5.41, 5.74) is 4.86. The van der Waals surface area contributed by atoms with E-state index in [0.29, 0.717) is 0 Å². The summed E-state index contributed by atoms with van der Waals surface area (Å²) in [7, 11) is -4.15. The lowest BCUT2D eigenvalue weighted by Gasteiger charge is -2.03. The average Bonchev–Trinajstić information content (AvgIpc) is 1.64. The van der Waals surface area contributed by atoms with Crippen molar-refractivity contribution in [2.45, 2.75) is 11.8 Å². The fraction of sp³-hybridized carbons (Fsp3) is 1.00. The zero-order valence-electron chi connectivity index (χ0n) is 4.69. The Morgan fingerprint density at radius 3 is 2.11 bits per heavy atom. The second kappa shape index (κ2) is 3.11. The average molecular weight is 155 g/mol. The Labute approximate surface area is 53.2 Å². The first-order chi connectivity index (χ1) is 3.98. The molecular weight excluding hydrogens is 146 g/mol. The van der Waals surface area contributed by atoms with Crippen LogP contribution in [0.5, 0.6) is 0 Å². The van der Waals surface area contributed by atoms with Gasteiger partial charge in [0, 0.05) is 13.0 Å². The van der Waals surface area contributed by atoms with Gasteiger partial charge in [-0.05, 0) is 0 Å². The van der Waals surface area contributed by atoms with Crippen molar-refractivity contribution in [2.24, 2.45) is 5.73 Å². The van der Waals surface area contributed by atoms with Crippen LogP contribution in [0.2, 0.25) is 0 Å². The number of aliphatic hydroxyl groups excluding tert-OH is 1. The molecule has 0 heterocycles. The molecule has 0 amide bonds. The number of aliphatic hydroxyl groups is 1. The van der Waals surface area contributed by atoms with Crippen molar-refractivity contribution in [1.29, 1.82) is 0 Å². The second-order valence-corrected chi connectivity index (χ2v) is 3.20. The molecule has 0 bridgehead atoms. The van der Waals surface area contributed by atoms with E-state index >= 15 is 0 Å². The van der Waals surface area contributed by atoms with Crippen molar-refractivity contribution in [2.75, 3.05) is 6.61 Å². The molecule has 0 rings (SSSR count). The summed E-state index contributed by atoms with van der Waals surface area (Å²) in [6.07, 6.45) is -0.140. The van der Waals surface area contributed by atoms with Crippen LogP contribution in [-0.4, -0.2) is 30.1 Å². The molecule has 0 saturated heterocycles. The summed E-state index contributed by atoms with van der Waals surface area (Å²) < 4.78 is 28.2. The van der Waals surface area contributed by atoms with Crippen LogP contribution < -0.4 is 5.73 Å². The number of hydrogen-bond donors (Lipinski definition) is 3. The fourth-order valence-corrected chi connectivity index (χ4v) is 0.679. The van der Waals surface area contributed by atoms with E-state index in [0.717, 1.165) is 0 Å². The van der Waals surface area contributed by atoms with Gasteiger partial charge in [0.15, 0.2) is 0 Å².